The molecular formula is C17H24N2O4. The first kappa shape index (κ1) is 16.1. The monoisotopic (exact) mass is 320 g/mol. The molecule has 0 saturated heterocycles. The first-order chi connectivity index (χ1) is 11.0. The molecule has 2 fully saturated rings. The Morgan fingerprint density at radius 3 is 2.70 bits per heavy atom. The van der Waals surface area contributed by atoms with E-state index in [1.807, 2.05) is 0 Å². The van der Waals surface area contributed by atoms with Gasteiger partial charge in [0.2, 0.25) is 5.91 Å². The highest BCUT2D eigenvalue weighted by Crippen LogP contribution is 2.48. The van der Waals surface area contributed by atoms with E-state index in [4.69, 9.17) is 4.42 Å². The third kappa shape index (κ3) is 3.13. The van der Waals surface area contributed by atoms with E-state index in [1.54, 1.807) is 19.9 Å². The number of amides is 2. The van der Waals surface area contributed by atoms with Crippen LogP contribution in [0.25, 0.3) is 0 Å². The van der Waals surface area contributed by atoms with Gasteiger partial charge in [0.1, 0.15) is 11.5 Å². The Morgan fingerprint density at radius 1 is 1.30 bits per heavy atom. The SMILES string of the molecule is Cc1cc(C(=O)NCC(=O)NC2C3CCC(C3)C2CO)c(C)o1. The lowest BCUT2D eigenvalue weighted by Gasteiger charge is -2.30. The van der Waals surface area contributed by atoms with Gasteiger partial charge in [0.05, 0.1) is 12.1 Å². The molecular weight excluding hydrogens is 296 g/mol. The van der Waals surface area contributed by atoms with Gasteiger partial charge in [0.15, 0.2) is 0 Å². The van der Waals surface area contributed by atoms with Crippen molar-refractivity contribution in [2.75, 3.05) is 13.2 Å². The van der Waals surface area contributed by atoms with Gasteiger partial charge in [0, 0.05) is 18.6 Å². The van der Waals surface area contributed by atoms with Gasteiger partial charge in [-0.25, -0.2) is 0 Å². The third-order valence-electron chi connectivity index (χ3n) is 5.32. The van der Waals surface area contributed by atoms with Crippen LogP contribution in [-0.4, -0.2) is 36.1 Å². The molecule has 4 atom stereocenters. The summed E-state index contributed by atoms with van der Waals surface area (Å²) in [4.78, 5) is 24.2. The maximum atomic E-state index is 12.1. The van der Waals surface area contributed by atoms with Crippen molar-refractivity contribution in [3.8, 4) is 0 Å². The van der Waals surface area contributed by atoms with Crippen molar-refractivity contribution < 1.29 is 19.1 Å². The minimum atomic E-state index is -0.304. The molecule has 3 rings (SSSR count). The first-order valence-corrected chi connectivity index (χ1v) is 8.25. The van der Waals surface area contributed by atoms with Crippen molar-refractivity contribution in [1.82, 2.24) is 10.6 Å². The van der Waals surface area contributed by atoms with Crippen LogP contribution in [0.2, 0.25) is 0 Å². The van der Waals surface area contributed by atoms with E-state index < -0.39 is 0 Å². The van der Waals surface area contributed by atoms with Crippen LogP contribution < -0.4 is 10.6 Å². The molecule has 0 aromatic carbocycles. The van der Waals surface area contributed by atoms with Crippen molar-refractivity contribution in [2.24, 2.45) is 17.8 Å². The predicted molar refractivity (Wildman–Crippen MR) is 83.9 cm³/mol. The van der Waals surface area contributed by atoms with Crippen LogP contribution in [-0.2, 0) is 4.79 Å². The molecule has 23 heavy (non-hydrogen) atoms. The minimum Gasteiger partial charge on any atom is -0.466 e. The molecule has 1 heterocycles. The van der Waals surface area contributed by atoms with Crippen molar-refractivity contribution in [1.29, 1.82) is 0 Å². The second-order valence-corrected chi connectivity index (χ2v) is 6.78. The molecule has 1 aromatic heterocycles. The molecule has 2 bridgehead atoms. The molecule has 2 aliphatic rings. The molecule has 126 valence electrons. The van der Waals surface area contributed by atoms with E-state index in [2.05, 4.69) is 10.6 Å². The molecule has 0 aliphatic heterocycles. The fraction of sp³-hybridized carbons (Fsp3) is 0.647. The molecule has 3 N–H and O–H groups in total. The van der Waals surface area contributed by atoms with Gasteiger partial charge in [-0.1, -0.05) is 0 Å². The topological polar surface area (TPSA) is 91.6 Å². The van der Waals surface area contributed by atoms with Crippen LogP contribution in [0, 0.1) is 31.6 Å². The quantitative estimate of drug-likeness (QED) is 0.759. The molecule has 2 aliphatic carbocycles. The number of aryl methyl sites for hydroxylation is 2. The fourth-order valence-corrected chi connectivity index (χ4v) is 4.25. The number of fused-ring (bicyclic) bond motifs is 2. The van der Waals surface area contributed by atoms with Crippen molar-refractivity contribution in [2.45, 2.75) is 39.2 Å². The third-order valence-corrected chi connectivity index (χ3v) is 5.32. The Kier molecular flexibility index (Phi) is 4.43. The lowest BCUT2D eigenvalue weighted by molar-refractivity contribution is -0.121. The second-order valence-electron chi connectivity index (χ2n) is 6.78. The van der Waals surface area contributed by atoms with E-state index in [9.17, 15) is 14.7 Å². The number of hydrogen-bond donors (Lipinski definition) is 3. The van der Waals surface area contributed by atoms with Crippen LogP contribution in [0.5, 0.6) is 0 Å². The van der Waals surface area contributed by atoms with Gasteiger partial charge in [-0.3, -0.25) is 9.59 Å². The number of carbonyl (C=O) groups is 2. The summed E-state index contributed by atoms with van der Waals surface area (Å²) >= 11 is 0. The number of furan rings is 1. The van der Waals surface area contributed by atoms with Gasteiger partial charge >= 0.3 is 0 Å². The van der Waals surface area contributed by atoms with Crippen molar-refractivity contribution in [3.05, 3.63) is 23.2 Å². The zero-order valence-electron chi connectivity index (χ0n) is 13.6. The zero-order chi connectivity index (χ0) is 16.6. The molecule has 2 amide bonds. The van der Waals surface area contributed by atoms with Gasteiger partial charge in [-0.15, -0.1) is 0 Å². The summed E-state index contributed by atoms with van der Waals surface area (Å²) < 4.78 is 5.32. The standard InChI is InChI=1S/C17H24N2O4/c1-9-5-13(10(2)23-9)17(22)18-7-15(21)19-16-12-4-3-11(6-12)14(16)8-20/h5,11-12,14,16,20H,3-4,6-8H2,1-2H3,(H,18,22)(H,19,21). The molecule has 0 radical (unpaired) electrons. The van der Waals surface area contributed by atoms with E-state index in [1.165, 1.54) is 0 Å². The first-order valence-electron chi connectivity index (χ1n) is 8.25. The Morgan fingerprint density at radius 2 is 2.04 bits per heavy atom. The summed E-state index contributed by atoms with van der Waals surface area (Å²) in [5.41, 5.74) is 0.462. The molecule has 6 heteroatoms. The maximum Gasteiger partial charge on any atom is 0.255 e. The van der Waals surface area contributed by atoms with Crippen LogP contribution in [0.1, 0.15) is 41.1 Å². The summed E-state index contributed by atoms with van der Waals surface area (Å²) in [5.74, 6) is 1.87. The van der Waals surface area contributed by atoms with Gasteiger partial charge in [-0.05, 0) is 51.0 Å². The number of aliphatic hydroxyl groups is 1. The normalized spacial score (nSPS) is 28.8. The van der Waals surface area contributed by atoms with Crippen molar-refractivity contribution in [3.63, 3.8) is 0 Å². The Labute approximate surface area is 135 Å². The van der Waals surface area contributed by atoms with Crippen LogP contribution in [0.15, 0.2) is 10.5 Å². The predicted octanol–water partition coefficient (Wildman–Crippen LogP) is 1.15. The Balaban J connectivity index is 1.52. The van der Waals surface area contributed by atoms with Crippen LogP contribution in [0.3, 0.4) is 0 Å². The lowest BCUT2D eigenvalue weighted by atomic mass is 9.85. The largest absolute Gasteiger partial charge is 0.466 e. The molecule has 2 saturated carbocycles. The Hall–Kier alpha value is -1.82. The second kappa shape index (κ2) is 6.35. The number of carbonyl (C=O) groups excluding carboxylic acids is 2. The van der Waals surface area contributed by atoms with Gasteiger partial charge in [0.25, 0.3) is 5.91 Å². The molecule has 1 aromatic rings. The maximum absolute atomic E-state index is 12.1. The molecule has 6 nitrogen and oxygen atoms in total. The average Bonchev–Trinajstić information content (AvgIpc) is 3.19. The number of rotatable bonds is 5. The minimum absolute atomic E-state index is 0.0426. The number of aliphatic hydroxyl groups excluding tert-OH is 1. The molecule has 0 spiro atoms. The van der Waals surface area contributed by atoms with E-state index >= 15 is 0 Å². The van der Waals surface area contributed by atoms with E-state index in [-0.39, 0.29) is 36.9 Å². The van der Waals surface area contributed by atoms with E-state index in [0.717, 1.165) is 19.3 Å². The highest BCUT2D eigenvalue weighted by molar-refractivity contribution is 5.97. The average molecular weight is 320 g/mol. The van der Waals surface area contributed by atoms with Crippen LogP contribution >= 0.6 is 0 Å². The lowest BCUT2D eigenvalue weighted by Crippen LogP contribution is -2.48. The highest BCUT2D eigenvalue weighted by atomic mass is 16.3. The molecule has 4 unspecified atom stereocenters. The summed E-state index contributed by atoms with van der Waals surface area (Å²) in [5, 5.41) is 15.2. The highest BCUT2D eigenvalue weighted by Gasteiger charge is 2.47. The summed E-state index contributed by atoms with van der Waals surface area (Å²) in [6.07, 6.45) is 3.36. The number of nitrogens with one attached hydrogen (secondary N) is 2. The fourth-order valence-electron chi connectivity index (χ4n) is 4.25. The van der Waals surface area contributed by atoms with Gasteiger partial charge < -0.3 is 20.2 Å². The summed E-state index contributed by atoms with van der Waals surface area (Å²) in [6, 6.07) is 1.71. The Bertz CT molecular complexity index is 610. The van der Waals surface area contributed by atoms with Gasteiger partial charge in [-0.2, -0.15) is 0 Å². The summed E-state index contributed by atoms with van der Waals surface area (Å²) in [7, 11) is 0. The smallest absolute Gasteiger partial charge is 0.255 e. The van der Waals surface area contributed by atoms with E-state index in [0.29, 0.717) is 28.9 Å². The number of hydrogen-bond acceptors (Lipinski definition) is 4. The zero-order valence-corrected chi connectivity index (χ0v) is 13.6. The summed E-state index contributed by atoms with van der Waals surface area (Å²) in [6.45, 7) is 3.56. The van der Waals surface area contributed by atoms with Crippen molar-refractivity contribution >= 4 is 11.8 Å². The van der Waals surface area contributed by atoms with Crippen LogP contribution in [0.4, 0.5) is 0 Å².